The number of hydrogen-bond acceptors (Lipinski definition) is 4. The Morgan fingerprint density at radius 1 is 1.50 bits per heavy atom. The van der Waals surface area contributed by atoms with Crippen LogP contribution in [-0.4, -0.2) is 18.0 Å². The average Bonchev–Trinajstić information content (AvgIpc) is 2.22. The molecule has 0 heterocycles. The molecule has 7 heteroatoms. The van der Waals surface area contributed by atoms with Crippen molar-refractivity contribution in [3.63, 3.8) is 0 Å². The van der Waals surface area contributed by atoms with Crippen LogP contribution in [0.15, 0.2) is 6.07 Å². The molecule has 0 bridgehead atoms. The summed E-state index contributed by atoms with van der Waals surface area (Å²) in [6.45, 7) is 1.13. The minimum absolute atomic E-state index is 0.319. The van der Waals surface area contributed by atoms with Crippen molar-refractivity contribution < 1.29 is 23.2 Å². The maximum Gasteiger partial charge on any atom is 0.340 e. The van der Waals surface area contributed by atoms with Crippen LogP contribution in [0.4, 0.5) is 14.5 Å². The highest BCUT2D eigenvalue weighted by Crippen LogP contribution is 2.27. The van der Waals surface area contributed by atoms with Crippen molar-refractivity contribution in [3.05, 3.63) is 38.9 Å². The molecule has 0 aromatic heterocycles. The molecule has 16 heavy (non-hydrogen) atoms. The third kappa shape index (κ3) is 1.83. The maximum atomic E-state index is 13.4. The first kappa shape index (κ1) is 12.0. The highest BCUT2D eigenvalue weighted by Gasteiger charge is 2.27. The van der Waals surface area contributed by atoms with Crippen molar-refractivity contribution in [3.8, 4) is 0 Å². The van der Waals surface area contributed by atoms with Gasteiger partial charge in [0.1, 0.15) is 0 Å². The normalized spacial score (nSPS) is 10.0. The fourth-order valence-electron chi connectivity index (χ4n) is 1.19. The van der Waals surface area contributed by atoms with E-state index in [1.165, 1.54) is 0 Å². The summed E-state index contributed by atoms with van der Waals surface area (Å²) in [5.74, 6) is -3.73. The summed E-state index contributed by atoms with van der Waals surface area (Å²) in [6.07, 6.45) is 0. The number of rotatable bonds is 2. The molecule has 0 atom stereocenters. The second kappa shape index (κ2) is 4.21. The number of nitro benzene ring substituents is 1. The Morgan fingerprint density at radius 3 is 2.50 bits per heavy atom. The van der Waals surface area contributed by atoms with E-state index < -0.39 is 28.2 Å². The van der Waals surface area contributed by atoms with Crippen LogP contribution in [0.2, 0.25) is 0 Å². The van der Waals surface area contributed by atoms with Gasteiger partial charge in [-0.1, -0.05) is 0 Å². The molecule has 0 saturated heterocycles. The van der Waals surface area contributed by atoms with E-state index >= 15 is 0 Å². The number of carbonyl (C=O) groups is 1. The molecular weight excluding hydrogens is 224 g/mol. The molecule has 0 unspecified atom stereocenters. The molecule has 0 spiro atoms. The molecule has 0 radical (unpaired) electrons. The molecule has 86 valence electrons. The largest absolute Gasteiger partial charge is 0.465 e. The van der Waals surface area contributed by atoms with Crippen LogP contribution in [-0.2, 0) is 4.74 Å². The lowest BCUT2D eigenvalue weighted by atomic mass is 10.1. The predicted octanol–water partition coefficient (Wildman–Crippen LogP) is 1.97. The number of hydrogen-bond donors (Lipinski definition) is 0. The first-order chi connectivity index (χ1) is 7.40. The van der Waals surface area contributed by atoms with E-state index in [9.17, 15) is 23.7 Å². The second-order valence-electron chi connectivity index (χ2n) is 2.94. The Morgan fingerprint density at radius 2 is 2.06 bits per heavy atom. The number of benzene rings is 1. The first-order valence-electron chi connectivity index (χ1n) is 4.11. The van der Waals surface area contributed by atoms with Crippen LogP contribution >= 0.6 is 0 Å². The SMILES string of the molecule is COC(=O)c1cc(F)c([N+](=O)[O-])c(F)c1C. The first-order valence-corrected chi connectivity index (χ1v) is 4.11. The zero-order chi connectivity index (χ0) is 12.5. The van der Waals surface area contributed by atoms with E-state index in [4.69, 9.17) is 0 Å². The van der Waals surface area contributed by atoms with Gasteiger partial charge in [-0.25, -0.2) is 4.79 Å². The lowest BCUT2D eigenvalue weighted by Gasteiger charge is -2.05. The Balaban J connectivity index is 3.51. The van der Waals surface area contributed by atoms with Crippen LogP contribution in [0.5, 0.6) is 0 Å². The van der Waals surface area contributed by atoms with Gasteiger partial charge in [0, 0.05) is 5.56 Å². The monoisotopic (exact) mass is 231 g/mol. The van der Waals surface area contributed by atoms with Gasteiger partial charge in [-0.05, 0) is 13.0 Å². The van der Waals surface area contributed by atoms with Crippen molar-refractivity contribution in [2.45, 2.75) is 6.92 Å². The Bertz CT molecular complexity index is 473. The van der Waals surface area contributed by atoms with Crippen LogP contribution < -0.4 is 0 Å². The van der Waals surface area contributed by atoms with E-state index in [1.807, 2.05) is 0 Å². The summed E-state index contributed by atoms with van der Waals surface area (Å²) in [4.78, 5) is 20.3. The summed E-state index contributed by atoms with van der Waals surface area (Å²) < 4.78 is 30.8. The van der Waals surface area contributed by atoms with Gasteiger partial charge >= 0.3 is 11.7 Å². The lowest BCUT2D eigenvalue weighted by molar-refractivity contribution is -0.390. The summed E-state index contributed by atoms with van der Waals surface area (Å²) in [5.41, 5.74) is -1.96. The fraction of sp³-hybridized carbons (Fsp3) is 0.222. The number of methoxy groups -OCH3 is 1. The maximum absolute atomic E-state index is 13.4. The van der Waals surface area contributed by atoms with E-state index in [0.29, 0.717) is 6.07 Å². The molecule has 0 fully saturated rings. The number of nitro groups is 1. The Kier molecular flexibility index (Phi) is 3.17. The summed E-state index contributed by atoms with van der Waals surface area (Å²) in [6, 6.07) is 0.586. The van der Waals surface area contributed by atoms with Gasteiger partial charge in [0.15, 0.2) is 0 Å². The van der Waals surface area contributed by atoms with E-state index in [1.54, 1.807) is 0 Å². The minimum Gasteiger partial charge on any atom is -0.465 e. The quantitative estimate of drug-likeness (QED) is 0.443. The number of nitrogens with zero attached hydrogens (tertiary/aromatic N) is 1. The van der Waals surface area contributed by atoms with Gasteiger partial charge in [-0.15, -0.1) is 0 Å². The molecule has 1 aromatic carbocycles. The van der Waals surface area contributed by atoms with E-state index in [0.717, 1.165) is 14.0 Å². The Hall–Kier alpha value is -2.05. The molecule has 0 saturated carbocycles. The summed E-state index contributed by atoms with van der Waals surface area (Å²) >= 11 is 0. The highest BCUT2D eigenvalue weighted by atomic mass is 19.1. The van der Waals surface area contributed by atoms with Crippen LogP contribution in [0.25, 0.3) is 0 Å². The van der Waals surface area contributed by atoms with E-state index in [-0.39, 0.29) is 11.1 Å². The Labute approximate surface area is 88.8 Å². The van der Waals surface area contributed by atoms with Crippen LogP contribution in [0.3, 0.4) is 0 Å². The van der Waals surface area contributed by atoms with E-state index in [2.05, 4.69) is 4.74 Å². The topological polar surface area (TPSA) is 69.4 Å². The van der Waals surface area contributed by atoms with Crippen molar-refractivity contribution in [2.24, 2.45) is 0 Å². The zero-order valence-corrected chi connectivity index (χ0v) is 8.41. The summed E-state index contributed by atoms with van der Waals surface area (Å²) in [7, 11) is 1.04. The minimum atomic E-state index is -1.41. The van der Waals surface area contributed by atoms with Crippen molar-refractivity contribution in [1.82, 2.24) is 0 Å². The third-order valence-electron chi connectivity index (χ3n) is 2.03. The van der Waals surface area contributed by atoms with Crippen molar-refractivity contribution >= 4 is 11.7 Å². The third-order valence-corrected chi connectivity index (χ3v) is 2.03. The van der Waals surface area contributed by atoms with Crippen molar-refractivity contribution in [1.29, 1.82) is 0 Å². The molecule has 0 N–H and O–H groups in total. The molecule has 5 nitrogen and oxygen atoms in total. The lowest BCUT2D eigenvalue weighted by Crippen LogP contribution is -2.09. The second-order valence-corrected chi connectivity index (χ2v) is 2.94. The van der Waals surface area contributed by atoms with Gasteiger partial charge in [0.25, 0.3) is 0 Å². The molecule has 1 rings (SSSR count). The average molecular weight is 231 g/mol. The number of ether oxygens (including phenoxy) is 1. The van der Waals surface area contributed by atoms with Gasteiger partial charge in [0.05, 0.1) is 17.6 Å². The predicted molar refractivity (Wildman–Crippen MR) is 49.1 cm³/mol. The molecular formula is C9H7F2NO4. The zero-order valence-electron chi connectivity index (χ0n) is 8.41. The van der Waals surface area contributed by atoms with Gasteiger partial charge < -0.3 is 4.74 Å². The van der Waals surface area contributed by atoms with Crippen molar-refractivity contribution in [2.75, 3.05) is 7.11 Å². The molecule has 1 aromatic rings. The number of halogens is 2. The van der Waals surface area contributed by atoms with Gasteiger partial charge in [-0.3, -0.25) is 10.1 Å². The van der Waals surface area contributed by atoms with Gasteiger partial charge in [0.2, 0.25) is 11.6 Å². The molecule has 0 aliphatic rings. The number of esters is 1. The molecule has 0 amide bonds. The smallest absolute Gasteiger partial charge is 0.340 e. The van der Waals surface area contributed by atoms with Crippen LogP contribution in [0.1, 0.15) is 15.9 Å². The van der Waals surface area contributed by atoms with Gasteiger partial charge in [-0.2, -0.15) is 8.78 Å². The molecule has 0 aliphatic carbocycles. The highest BCUT2D eigenvalue weighted by molar-refractivity contribution is 5.91. The number of carbonyl (C=O) groups excluding carboxylic acids is 1. The summed E-state index contributed by atoms with van der Waals surface area (Å²) in [5, 5.41) is 10.4. The standard InChI is InChI=1S/C9H7F2NO4/c1-4-5(9(13)16-2)3-6(10)8(7(4)11)12(14)15/h3H,1-2H3. The fourth-order valence-corrected chi connectivity index (χ4v) is 1.19. The van der Waals surface area contributed by atoms with Crippen LogP contribution in [0, 0.1) is 28.7 Å². The molecule has 0 aliphatic heterocycles.